The predicted octanol–water partition coefficient (Wildman–Crippen LogP) is 0.772. The predicted molar refractivity (Wildman–Crippen MR) is 61.8 cm³/mol. The van der Waals surface area contributed by atoms with Gasteiger partial charge in [0.15, 0.2) is 0 Å². The van der Waals surface area contributed by atoms with Crippen LogP contribution in [0.5, 0.6) is 5.75 Å². The maximum absolute atomic E-state index is 11.9. The zero-order valence-corrected chi connectivity index (χ0v) is 9.14. The van der Waals surface area contributed by atoms with E-state index in [-0.39, 0.29) is 17.0 Å². The summed E-state index contributed by atoms with van der Waals surface area (Å²) in [4.78, 5) is 11.9. The van der Waals surface area contributed by atoms with E-state index in [1.165, 1.54) is 16.8 Å². The van der Waals surface area contributed by atoms with Crippen LogP contribution < -0.4 is 11.3 Å². The fraction of sp³-hybridized carbons (Fsp3) is 0.182. The van der Waals surface area contributed by atoms with Gasteiger partial charge in [-0.2, -0.15) is 0 Å². The zero-order chi connectivity index (χ0) is 11.9. The number of hydrogen-bond acceptors (Lipinski definition) is 3. The molecule has 0 radical (unpaired) electrons. The zero-order valence-electron chi connectivity index (χ0n) is 9.14. The molecule has 0 aliphatic rings. The number of nitrogens with two attached hydrogens (primary N) is 1. The van der Waals surface area contributed by atoms with Crippen molar-refractivity contribution in [3.63, 3.8) is 0 Å². The number of benzene rings is 1. The highest BCUT2D eigenvalue weighted by Crippen LogP contribution is 2.14. The van der Waals surface area contributed by atoms with Gasteiger partial charge in [0, 0.05) is 7.05 Å². The first kappa shape index (κ1) is 10.4. The molecule has 0 atom stereocenters. The van der Waals surface area contributed by atoms with Crippen molar-refractivity contribution in [3.05, 3.63) is 40.3 Å². The lowest BCUT2D eigenvalue weighted by atomic mass is 10.3. The molecule has 0 aliphatic carbocycles. The van der Waals surface area contributed by atoms with Crippen molar-refractivity contribution in [2.24, 2.45) is 7.05 Å². The first-order valence-corrected chi connectivity index (χ1v) is 4.86. The summed E-state index contributed by atoms with van der Waals surface area (Å²) in [6.45, 7) is 1.79. The molecule has 1 aromatic carbocycles. The second-order valence-electron chi connectivity index (χ2n) is 3.66. The third-order valence-corrected chi connectivity index (χ3v) is 2.69. The van der Waals surface area contributed by atoms with Crippen LogP contribution in [-0.2, 0) is 7.05 Å². The van der Waals surface area contributed by atoms with E-state index >= 15 is 0 Å². The van der Waals surface area contributed by atoms with E-state index in [0.717, 1.165) is 5.69 Å². The molecule has 0 saturated heterocycles. The summed E-state index contributed by atoms with van der Waals surface area (Å²) in [5, 5.41) is 9.18. The smallest absolute Gasteiger partial charge is 0.294 e. The minimum atomic E-state index is -0.245. The highest BCUT2D eigenvalue weighted by Gasteiger charge is 2.12. The maximum Gasteiger partial charge on any atom is 0.294 e. The summed E-state index contributed by atoms with van der Waals surface area (Å²) in [5.74, 6) is 0.163. The summed E-state index contributed by atoms with van der Waals surface area (Å²) in [5.41, 5.74) is 7.06. The Morgan fingerprint density at radius 1 is 1.25 bits per heavy atom. The summed E-state index contributed by atoms with van der Waals surface area (Å²) < 4.78 is 3.15. The first-order valence-electron chi connectivity index (χ1n) is 4.86. The average molecular weight is 219 g/mol. The largest absolute Gasteiger partial charge is 0.508 e. The molecule has 0 aliphatic heterocycles. The minimum absolute atomic E-state index is 0.163. The van der Waals surface area contributed by atoms with Crippen molar-refractivity contribution in [3.8, 4) is 11.4 Å². The SMILES string of the molecule is Cc1c(N)c(=O)n(-c2ccc(O)cc2)n1C. The van der Waals surface area contributed by atoms with E-state index in [9.17, 15) is 9.90 Å². The summed E-state index contributed by atoms with van der Waals surface area (Å²) in [6, 6.07) is 6.38. The van der Waals surface area contributed by atoms with E-state index in [2.05, 4.69) is 0 Å². The van der Waals surface area contributed by atoms with Crippen LogP contribution in [0.1, 0.15) is 5.69 Å². The number of aromatic hydroxyl groups is 1. The van der Waals surface area contributed by atoms with E-state index in [4.69, 9.17) is 5.73 Å². The minimum Gasteiger partial charge on any atom is -0.508 e. The number of anilines is 1. The van der Waals surface area contributed by atoms with Crippen molar-refractivity contribution in [1.82, 2.24) is 9.36 Å². The van der Waals surface area contributed by atoms with Gasteiger partial charge in [-0.25, -0.2) is 4.68 Å². The monoisotopic (exact) mass is 219 g/mol. The Kier molecular flexibility index (Phi) is 2.23. The number of hydrogen-bond donors (Lipinski definition) is 2. The van der Waals surface area contributed by atoms with Gasteiger partial charge in [-0.15, -0.1) is 0 Å². The lowest BCUT2D eigenvalue weighted by molar-refractivity contribution is 0.475. The molecule has 5 heteroatoms. The fourth-order valence-electron chi connectivity index (χ4n) is 1.61. The number of phenolic OH excluding ortho intramolecular Hbond substituents is 1. The Morgan fingerprint density at radius 2 is 1.81 bits per heavy atom. The van der Waals surface area contributed by atoms with Crippen LogP contribution in [0.4, 0.5) is 5.69 Å². The van der Waals surface area contributed by atoms with Crippen molar-refractivity contribution in [1.29, 1.82) is 0 Å². The molecule has 0 bridgehead atoms. The first-order chi connectivity index (χ1) is 7.52. The molecule has 2 rings (SSSR count). The lowest BCUT2D eigenvalue weighted by Gasteiger charge is -2.07. The lowest BCUT2D eigenvalue weighted by Crippen LogP contribution is -2.20. The summed E-state index contributed by atoms with van der Waals surface area (Å²) in [7, 11) is 1.76. The molecule has 0 fully saturated rings. The van der Waals surface area contributed by atoms with E-state index in [1.807, 2.05) is 0 Å². The van der Waals surface area contributed by atoms with Gasteiger partial charge in [0.05, 0.1) is 11.4 Å². The molecule has 84 valence electrons. The topological polar surface area (TPSA) is 73.2 Å². The molecule has 16 heavy (non-hydrogen) atoms. The third-order valence-electron chi connectivity index (χ3n) is 2.69. The van der Waals surface area contributed by atoms with Crippen LogP contribution in [0.25, 0.3) is 5.69 Å². The summed E-state index contributed by atoms with van der Waals surface area (Å²) in [6.07, 6.45) is 0. The molecule has 0 saturated carbocycles. The van der Waals surface area contributed by atoms with E-state index in [0.29, 0.717) is 5.69 Å². The molecular formula is C11H13N3O2. The molecule has 0 amide bonds. The maximum atomic E-state index is 11.9. The highest BCUT2D eigenvalue weighted by molar-refractivity contribution is 5.45. The molecule has 5 nitrogen and oxygen atoms in total. The van der Waals surface area contributed by atoms with Crippen LogP contribution in [-0.4, -0.2) is 14.5 Å². The fourth-order valence-corrected chi connectivity index (χ4v) is 1.61. The second kappa shape index (κ2) is 3.44. The van der Waals surface area contributed by atoms with Crippen molar-refractivity contribution in [2.45, 2.75) is 6.92 Å². The van der Waals surface area contributed by atoms with Gasteiger partial charge >= 0.3 is 0 Å². The Balaban J connectivity index is 2.70. The Bertz CT molecular complexity index is 579. The van der Waals surface area contributed by atoms with Crippen LogP contribution in [0.3, 0.4) is 0 Å². The van der Waals surface area contributed by atoms with Crippen LogP contribution in [0.15, 0.2) is 29.1 Å². The molecule has 1 heterocycles. The number of rotatable bonds is 1. The van der Waals surface area contributed by atoms with Gasteiger partial charge in [-0.1, -0.05) is 0 Å². The third kappa shape index (κ3) is 1.37. The quantitative estimate of drug-likeness (QED) is 0.744. The highest BCUT2D eigenvalue weighted by atomic mass is 16.3. The van der Waals surface area contributed by atoms with Gasteiger partial charge in [0.25, 0.3) is 5.56 Å². The Labute approximate surface area is 92.3 Å². The van der Waals surface area contributed by atoms with Gasteiger partial charge in [0.2, 0.25) is 0 Å². The van der Waals surface area contributed by atoms with Crippen molar-refractivity contribution < 1.29 is 5.11 Å². The van der Waals surface area contributed by atoms with Gasteiger partial charge in [-0.3, -0.25) is 9.48 Å². The van der Waals surface area contributed by atoms with Crippen LogP contribution in [0, 0.1) is 6.92 Å². The average Bonchev–Trinajstić information content (AvgIpc) is 2.46. The molecule has 3 N–H and O–H groups in total. The van der Waals surface area contributed by atoms with Crippen LogP contribution >= 0.6 is 0 Å². The summed E-state index contributed by atoms with van der Waals surface area (Å²) >= 11 is 0. The number of phenols is 1. The molecule has 2 aromatic rings. The Hall–Kier alpha value is -2.17. The van der Waals surface area contributed by atoms with E-state index in [1.54, 1.807) is 30.8 Å². The molecule has 1 aromatic heterocycles. The number of nitrogen functional groups attached to an aromatic ring is 1. The van der Waals surface area contributed by atoms with Gasteiger partial charge in [0.1, 0.15) is 11.4 Å². The second-order valence-corrected chi connectivity index (χ2v) is 3.66. The van der Waals surface area contributed by atoms with Crippen LogP contribution in [0.2, 0.25) is 0 Å². The Morgan fingerprint density at radius 3 is 2.25 bits per heavy atom. The van der Waals surface area contributed by atoms with Crippen molar-refractivity contribution >= 4 is 5.69 Å². The molecular weight excluding hydrogens is 206 g/mol. The van der Waals surface area contributed by atoms with Gasteiger partial charge < -0.3 is 10.8 Å². The molecule has 0 spiro atoms. The van der Waals surface area contributed by atoms with Gasteiger partial charge in [-0.05, 0) is 31.2 Å². The van der Waals surface area contributed by atoms with E-state index < -0.39 is 0 Å². The van der Waals surface area contributed by atoms with Crippen molar-refractivity contribution in [2.75, 3.05) is 5.73 Å². The molecule has 0 unspecified atom stereocenters. The standard InChI is InChI=1S/C11H13N3O2/c1-7-10(12)11(16)14(13(7)2)8-3-5-9(15)6-4-8/h3-6,15H,12H2,1-2H3. The number of nitrogens with zero attached hydrogens (tertiary/aromatic N) is 2. The number of aromatic nitrogens is 2. The normalized spacial score (nSPS) is 10.6.